The molecule has 1 aliphatic rings. The molecule has 2 aromatic rings. The number of urea groups is 1. The molecule has 6 heteroatoms. The molecule has 0 saturated carbocycles. The molecule has 1 aromatic heterocycles. The van der Waals surface area contributed by atoms with Crippen molar-refractivity contribution in [1.82, 2.24) is 15.2 Å². The third-order valence-corrected chi connectivity index (χ3v) is 4.99. The summed E-state index contributed by atoms with van der Waals surface area (Å²) in [7, 11) is 1.78. The van der Waals surface area contributed by atoms with E-state index in [9.17, 15) is 4.79 Å². The van der Waals surface area contributed by atoms with E-state index in [-0.39, 0.29) is 12.1 Å². The van der Waals surface area contributed by atoms with Gasteiger partial charge in [0.15, 0.2) is 0 Å². The van der Waals surface area contributed by atoms with E-state index in [0.29, 0.717) is 13.1 Å². The molecule has 0 unspecified atom stereocenters. The number of ether oxygens (including phenoxy) is 1. The summed E-state index contributed by atoms with van der Waals surface area (Å²) in [6.45, 7) is 3.14. The van der Waals surface area contributed by atoms with Crippen LogP contribution < -0.4 is 10.1 Å². The quantitative estimate of drug-likeness (QED) is 0.916. The summed E-state index contributed by atoms with van der Waals surface area (Å²) in [6.07, 6.45) is 3.71. The van der Waals surface area contributed by atoms with Gasteiger partial charge in [-0.05, 0) is 18.1 Å². The van der Waals surface area contributed by atoms with Gasteiger partial charge < -0.3 is 15.0 Å². The molecule has 0 saturated heterocycles. The number of hydrogen-bond donors (Lipinski definition) is 1. The van der Waals surface area contributed by atoms with Crippen molar-refractivity contribution in [2.75, 3.05) is 13.6 Å². The lowest BCUT2D eigenvalue weighted by Gasteiger charge is -2.18. The fourth-order valence-electron chi connectivity index (χ4n) is 2.56. The van der Waals surface area contributed by atoms with Gasteiger partial charge in [0.2, 0.25) is 0 Å². The van der Waals surface area contributed by atoms with E-state index in [2.05, 4.69) is 23.3 Å². The second kappa shape index (κ2) is 7.00. The molecule has 0 aliphatic carbocycles. The van der Waals surface area contributed by atoms with Crippen molar-refractivity contribution in [1.29, 1.82) is 0 Å². The lowest BCUT2D eigenvalue weighted by atomic mass is 10.1. The number of rotatable bonds is 5. The van der Waals surface area contributed by atoms with Crippen molar-refractivity contribution in [2.45, 2.75) is 32.4 Å². The Balaban J connectivity index is 1.46. The van der Waals surface area contributed by atoms with Gasteiger partial charge in [-0.15, -0.1) is 11.3 Å². The predicted molar refractivity (Wildman–Crippen MR) is 90.9 cm³/mol. The molecule has 0 bridgehead atoms. The first-order chi connectivity index (χ1) is 11.2. The zero-order valence-electron chi connectivity index (χ0n) is 13.4. The van der Waals surface area contributed by atoms with Crippen LogP contribution in [0.15, 0.2) is 30.5 Å². The van der Waals surface area contributed by atoms with Crippen LogP contribution in [0.5, 0.6) is 5.75 Å². The summed E-state index contributed by atoms with van der Waals surface area (Å²) in [5.41, 5.74) is 1.20. The number of carbonyl (C=O) groups is 1. The number of fused-ring (bicyclic) bond motifs is 1. The molecule has 0 fully saturated rings. The molecule has 2 amide bonds. The summed E-state index contributed by atoms with van der Waals surface area (Å²) < 4.78 is 5.83. The maximum Gasteiger partial charge on any atom is 0.317 e. The van der Waals surface area contributed by atoms with Crippen molar-refractivity contribution in [3.05, 3.63) is 45.9 Å². The molecule has 0 spiro atoms. The Morgan fingerprint density at radius 3 is 3.04 bits per heavy atom. The Hall–Kier alpha value is -2.08. The number of aryl methyl sites for hydroxylation is 1. The van der Waals surface area contributed by atoms with Crippen LogP contribution in [-0.2, 0) is 19.4 Å². The Bertz CT molecular complexity index is 661. The van der Waals surface area contributed by atoms with Crippen LogP contribution in [0.4, 0.5) is 4.79 Å². The minimum absolute atomic E-state index is 0.0105. The Morgan fingerprint density at radius 1 is 1.48 bits per heavy atom. The van der Waals surface area contributed by atoms with Crippen molar-refractivity contribution < 1.29 is 9.53 Å². The SMILES string of the molecule is CCc1cnc(CN(C)C(=O)NC[C@H]2Cc3ccccc3O2)s1. The topological polar surface area (TPSA) is 54.5 Å². The van der Waals surface area contributed by atoms with Gasteiger partial charge >= 0.3 is 6.03 Å². The lowest BCUT2D eigenvalue weighted by Crippen LogP contribution is -2.41. The summed E-state index contributed by atoms with van der Waals surface area (Å²) in [4.78, 5) is 19.4. The Labute approximate surface area is 140 Å². The highest BCUT2D eigenvalue weighted by Crippen LogP contribution is 2.27. The molecule has 0 radical (unpaired) electrons. The first-order valence-corrected chi connectivity index (χ1v) is 8.64. The van der Waals surface area contributed by atoms with Crippen molar-refractivity contribution >= 4 is 17.4 Å². The van der Waals surface area contributed by atoms with E-state index in [1.807, 2.05) is 24.4 Å². The normalized spacial score (nSPS) is 15.8. The van der Waals surface area contributed by atoms with Crippen LogP contribution in [0, 0.1) is 0 Å². The third kappa shape index (κ3) is 3.82. The molecule has 3 rings (SSSR count). The van der Waals surface area contributed by atoms with Crippen molar-refractivity contribution in [3.8, 4) is 5.75 Å². The number of benzene rings is 1. The molecule has 23 heavy (non-hydrogen) atoms. The second-order valence-electron chi connectivity index (χ2n) is 5.67. The highest BCUT2D eigenvalue weighted by atomic mass is 32.1. The van der Waals surface area contributed by atoms with E-state index in [1.54, 1.807) is 23.3 Å². The van der Waals surface area contributed by atoms with Gasteiger partial charge in [0.25, 0.3) is 0 Å². The van der Waals surface area contributed by atoms with E-state index < -0.39 is 0 Å². The summed E-state index contributed by atoms with van der Waals surface area (Å²) in [5.74, 6) is 0.926. The lowest BCUT2D eigenvalue weighted by molar-refractivity contribution is 0.191. The first kappa shape index (κ1) is 15.8. The molecule has 1 N–H and O–H groups in total. The number of carbonyl (C=O) groups excluding carboxylic acids is 1. The molecule has 1 aliphatic heterocycles. The highest BCUT2D eigenvalue weighted by Gasteiger charge is 2.23. The molecule has 5 nitrogen and oxygen atoms in total. The first-order valence-electron chi connectivity index (χ1n) is 7.82. The average Bonchev–Trinajstić information content (AvgIpc) is 3.18. The third-order valence-electron chi connectivity index (χ3n) is 3.86. The van der Waals surface area contributed by atoms with E-state index in [0.717, 1.165) is 23.6 Å². The summed E-state index contributed by atoms with van der Waals surface area (Å²) in [6, 6.07) is 7.91. The fourth-order valence-corrected chi connectivity index (χ4v) is 3.48. The maximum atomic E-state index is 12.2. The van der Waals surface area contributed by atoms with Gasteiger partial charge in [-0.3, -0.25) is 0 Å². The largest absolute Gasteiger partial charge is 0.488 e. The fraction of sp³-hybridized carbons (Fsp3) is 0.412. The molecule has 1 atom stereocenters. The van der Waals surface area contributed by atoms with Crippen LogP contribution in [0.25, 0.3) is 0 Å². The highest BCUT2D eigenvalue weighted by molar-refractivity contribution is 7.11. The predicted octanol–water partition coefficient (Wildman–Crippen LogP) is 2.85. The van der Waals surface area contributed by atoms with Gasteiger partial charge in [0.05, 0.1) is 13.1 Å². The van der Waals surface area contributed by atoms with Crippen LogP contribution in [0.1, 0.15) is 22.4 Å². The standard InChI is InChI=1S/C17H21N3O2S/c1-3-14-10-18-16(23-14)11-20(2)17(21)19-9-13-8-12-6-4-5-7-15(12)22-13/h4-7,10,13H,3,8-9,11H2,1-2H3,(H,19,21)/t13-/m1/s1. The summed E-state index contributed by atoms with van der Waals surface area (Å²) in [5, 5.41) is 3.90. The maximum absolute atomic E-state index is 12.2. The smallest absolute Gasteiger partial charge is 0.317 e. The summed E-state index contributed by atoms with van der Waals surface area (Å²) >= 11 is 1.66. The molecule has 122 valence electrons. The number of aromatic nitrogens is 1. The van der Waals surface area contributed by atoms with Crippen LogP contribution in [-0.4, -0.2) is 35.6 Å². The number of amides is 2. The van der Waals surface area contributed by atoms with Crippen molar-refractivity contribution in [2.24, 2.45) is 0 Å². The molecular weight excluding hydrogens is 310 g/mol. The minimum Gasteiger partial charge on any atom is -0.488 e. The molecular formula is C17H21N3O2S. The average molecular weight is 331 g/mol. The zero-order valence-corrected chi connectivity index (χ0v) is 14.2. The Morgan fingerprint density at radius 2 is 2.30 bits per heavy atom. The van der Waals surface area contributed by atoms with Gasteiger partial charge in [-0.1, -0.05) is 25.1 Å². The number of thiazole rings is 1. The van der Waals surface area contributed by atoms with E-state index in [1.165, 1.54) is 10.4 Å². The van der Waals surface area contributed by atoms with Gasteiger partial charge in [-0.2, -0.15) is 0 Å². The van der Waals surface area contributed by atoms with Crippen LogP contribution >= 0.6 is 11.3 Å². The number of nitrogens with one attached hydrogen (secondary N) is 1. The Kier molecular flexibility index (Phi) is 4.81. The van der Waals surface area contributed by atoms with Crippen LogP contribution in [0.3, 0.4) is 0 Å². The van der Waals surface area contributed by atoms with E-state index in [4.69, 9.17) is 4.74 Å². The van der Waals surface area contributed by atoms with Crippen molar-refractivity contribution in [3.63, 3.8) is 0 Å². The number of para-hydroxylation sites is 1. The molecule has 1 aromatic carbocycles. The zero-order chi connectivity index (χ0) is 16.2. The van der Waals surface area contributed by atoms with Gasteiger partial charge in [0.1, 0.15) is 16.9 Å². The minimum atomic E-state index is -0.0993. The number of nitrogens with zero attached hydrogens (tertiary/aromatic N) is 2. The van der Waals surface area contributed by atoms with Gasteiger partial charge in [-0.25, -0.2) is 9.78 Å². The van der Waals surface area contributed by atoms with E-state index >= 15 is 0 Å². The van der Waals surface area contributed by atoms with Gasteiger partial charge in [0, 0.05) is 24.5 Å². The molecule has 2 heterocycles. The number of hydrogen-bond acceptors (Lipinski definition) is 4. The monoisotopic (exact) mass is 331 g/mol. The van der Waals surface area contributed by atoms with Crippen LogP contribution in [0.2, 0.25) is 0 Å². The second-order valence-corrected chi connectivity index (χ2v) is 6.87.